The van der Waals surface area contributed by atoms with Crippen LogP contribution >= 0.6 is 11.3 Å². The lowest BCUT2D eigenvalue weighted by Gasteiger charge is -2.28. The Morgan fingerprint density at radius 3 is 3.04 bits per heavy atom. The number of oxazole rings is 1. The molecule has 2 bridgehead atoms. The van der Waals surface area contributed by atoms with Crippen LogP contribution in [0.2, 0.25) is 0 Å². The maximum absolute atomic E-state index is 13.0. The molecule has 0 saturated heterocycles. The van der Waals surface area contributed by atoms with Gasteiger partial charge in [-0.2, -0.15) is 11.3 Å². The lowest BCUT2D eigenvalue weighted by Crippen LogP contribution is -2.38. The molecular weight excluding hydrogens is 344 g/mol. The van der Waals surface area contributed by atoms with E-state index in [4.69, 9.17) is 4.42 Å². The van der Waals surface area contributed by atoms with E-state index >= 15 is 0 Å². The van der Waals surface area contributed by atoms with Crippen molar-refractivity contribution in [2.75, 3.05) is 0 Å². The first kappa shape index (κ1) is 16.1. The van der Waals surface area contributed by atoms with Gasteiger partial charge in [-0.15, -0.1) is 0 Å². The third-order valence-corrected chi connectivity index (χ3v) is 7.04. The molecule has 0 spiro atoms. The van der Waals surface area contributed by atoms with Gasteiger partial charge in [-0.3, -0.25) is 4.79 Å². The second-order valence-electron chi connectivity index (χ2n) is 7.71. The van der Waals surface area contributed by atoms with E-state index in [0.29, 0.717) is 34.5 Å². The van der Waals surface area contributed by atoms with Gasteiger partial charge in [0.15, 0.2) is 5.58 Å². The van der Waals surface area contributed by atoms with E-state index in [1.165, 1.54) is 19.3 Å². The van der Waals surface area contributed by atoms with Crippen molar-refractivity contribution in [1.29, 1.82) is 0 Å². The Kier molecular flexibility index (Phi) is 3.85. The topological polar surface area (TPSA) is 55.1 Å². The molecule has 2 saturated carbocycles. The molecule has 4 unspecified atom stereocenters. The third-order valence-electron chi connectivity index (χ3n) is 6.35. The van der Waals surface area contributed by atoms with Crippen molar-refractivity contribution in [3.8, 4) is 11.5 Å². The van der Waals surface area contributed by atoms with Crippen LogP contribution in [0.25, 0.3) is 22.6 Å². The van der Waals surface area contributed by atoms with Crippen molar-refractivity contribution in [2.24, 2.45) is 17.8 Å². The number of nitrogens with one attached hydrogen (secondary N) is 1. The summed E-state index contributed by atoms with van der Waals surface area (Å²) in [4.78, 5) is 17.6. The highest BCUT2D eigenvalue weighted by molar-refractivity contribution is 7.08. The summed E-state index contributed by atoms with van der Waals surface area (Å²) in [5, 5.41) is 7.32. The molecule has 2 fully saturated rings. The zero-order chi connectivity index (χ0) is 17.7. The molecule has 2 aromatic heterocycles. The lowest BCUT2D eigenvalue weighted by atomic mass is 9.79. The van der Waals surface area contributed by atoms with Gasteiger partial charge in [-0.25, -0.2) is 4.98 Å². The fourth-order valence-corrected chi connectivity index (χ4v) is 5.58. The van der Waals surface area contributed by atoms with Crippen molar-refractivity contribution in [2.45, 2.75) is 38.6 Å². The van der Waals surface area contributed by atoms with Crippen molar-refractivity contribution in [3.05, 3.63) is 40.6 Å². The summed E-state index contributed by atoms with van der Waals surface area (Å²) in [6.45, 7) is 2.35. The summed E-state index contributed by atoms with van der Waals surface area (Å²) in [5.74, 6) is 2.67. The first-order chi connectivity index (χ1) is 12.7. The minimum atomic E-state index is -0.0227. The van der Waals surface area contributed by atoms with Crippen LogP contribution in [0, 0.1) is 17.8 Å². The molecule has 0 radical (unpaired) electrons. The summed E-state index contributed by atoms with van der Waals surface area (Å²) in [6, 6.07) is 7.87. The average molecular weight is 366 g/mol. The lowest BCUT2D eigenvalue weighted by molar-refractivity contribution is 0.0924. The van der Waals surface area contributed by atoms with Gasteiger partial charge in [0.05, 0.1) is 5.56 Å². The number of nitrogens with zero attached hydrogens (tertiary/aromatic N) is 1. The molecule has 26 heavy (non-hydrogen) atoms. The molecule has 5 heteroatoms. The Labute approximate surface area is 156 Å². The normalized spacial score (nSPS) is 27.7. The quantitative estimate of drug-likeness (QED) is 0.701. The predicted octanol–water partition coefficient (Wildman–Crippen LogP) is 5.11. The highest BCUT2D eigenvalue weighted by Crippen LogP contribution is 2.46. The Morgan fingerprint density at radius 1 is 1.31 bits per heavy atom. The molecule has 1 amide bonds. The number of benzene rings is 1. The SMILES string of the molecule is CC1C2CCCC1C(NC(=O)c1cccc3oc(-c4ccsc4)nc13)C2. The van der Waals surface area contributed by atoms with Gasteiger partial charge in [-0.1, -0.05) is 25.8 Å². The van der Waals surface area contributed by atoms with Crippen molar-refractivity contribution in [3.63, 3.8) is 0 Å². The van der Waals surface area contributed by atoms with Gasteiger partial charge in [0, 0.05) is 17.0 Å². The van der Waals surface area contributed by atoms with E-state index in [1.807, 2.05) is 35.0 Å². The molecule has 0 aliphatic heterocycles. The fraction of sp³-hybridized carbons (Fsp3) is 0.429. The number of amides is 1. The van der Waals surface area contributed by atoms with Gasteiger partial charge >= 0.3 is 0 Å². The molecule has 1 N–H and O–H groups in total. The predicted molar refractivity (Wildman–Crippen MR) is 103 cm³/mol. The van der Waals surface area contributed by atoms with Gasteiger partial charge < -0.3 is 9.73 Å². The minimum absolute atomic E-state index is 0.0227. The molecule has 4 atom stereocenters. The number of fused-ring (bicyclic) bond motifs is 3. The van der Waals surface area contributed by atoms with Crippen LogP contribution in [-0.2, 0) is 0 Å². The molecule has 1 aromatic carbocycles. The number of carbonyl (C=O) groups is 1. The fourth-order valence-electron chi connectivity index (χ4n) is 4.95. The molecule has 134 valence electrons. The van der Waals surface area contributed by atoms with Crippen molar-refractivity contribution in [1.82, 2.24) is 10.3 Å². The monoisotopic (exact) mass is 366 g/mol. The van der Waals surface area contributed by atoms with Crippen molar-refractivity contribution >= 4 is 28.3 Å². The summed E-state index contributed by atoms with van der Waals surface area (Å²) >= 11 is 1.61. The summed E-state index contributed by atoms with van der Waals surface area (Å²) in [6.07, 6.45) is 4.97. The third kappa shape index (κ3) is 2.57. The Morgan fingerprint density at radius 2 is 2.23 bits per heavy atom. The van der Waals surface area contributed by atoms with Crippen LogP contribution in [0.3, 0.4) is 0 Å². The maximum atomic E-state index is 13.0. The average Bonchev–Trinajstić information content (AvgIpc) is 3.33. The smallest absolute Gasteiger partial charge is 0.253 e. The second-order valence-corrected chi connectivity index (χ2v) is 8.49. The Hall–Kier alpha value is -2.14. The molecule has 4 nitrogen and oxygen atoms in total. The molecule has 2 aliphatic carbocycles. The number of hydrogen-bond acceptors (Lipinski definition) is 4. The van der Waals surface area contributed by atoms with Crippen LogP contribution in [0.15, 0.2) is 39.4 Å². The molecular formula is C21H22N2O2S. The summed E-state index contributed by atoms with van der Waals surface area (Å²) in [7, 11) is 0. The van der Waals surface area contributed by atoms with Crippen LogP contribution in [-0.4, -0.2) is 16.9 Å². The highest BCUT2D eigenvalue weighted by Gasteiger charge is 2.43. The van der Waals surface area contributed by atoms with E-state index in [0.717, 1.165) is 23.8 Å². The zero-order valence-corrected chi connectivity index (χ0v) is 15.6. The number of carbonyl (C=O) groups excluding carboxylic acids is 1. The zero-order valence-electron chi connectivity index (χ0n) is 14.8. The van der Waals surface area contributed by atoms with E-state index in [-0.39, 0.29) is 5.91 Å². The number of hydrogen-bond donors (Lipinski definition) is 1. The Bertz CT molecular complexity index is 946. The van der Waals surface area contributed by atoms with E-state index in [2.05, 4.69) is 17.2 Å². The van der Waals surface area contributed by atoms with Crippen LogP contribution in [0.4, 0.5) is 0 Å². The van der Waals surface area contributed by atoms with Crippen LogP contribution < -0.4 is 5.32 Å². The van der Waals surface area contributed by atoms with E-state index in [9.17, 15) is 4.79 Å². The summed E-state index contributed by atoms with van der Waals surface area (Å²) in [5.41, 5.74) is 2.88. The van der Waals surface area contributed by atoms with Crippen LogP contribution in [0.5, 0.6) is 0 Å². The molecule has 2 aliphatic rings. The van der Waals surface area contributed by atoms with E-state index in [1.54, 1.807) is 11.3 Å². The van der Waals surface area contributed by atoms with Crippen molar-refractivity contribution < 1.29 is 9.21 Å². The molecule has 5 rings (SSSR count). The highest BCUT2D eigenvalue weighted by atomic mass is 32.1. The molecule has 3 aromatic rings. The van der Waals surface area contributed by atoms with E-state index < -0.39 is 0 Å². The Balaban J connectivity index is 1.44. The number of thiophene rings is 1. The van der Waals surface area contributed by atoms with Crippen LogP contribution in [0.1, 0.15) is 43.0 Å². The number of aromatic nitrogens is 1. The first-order valence-corrected chi connectivity index (χ1v) is 10.4. The molecule has 2 heterocycles. The van der Waals surface area contributed by atoms with Gasteiger partial charge in [-0.05, 0) is 54.2 Å². The first-order valence-electron chi connectivity index (χ1n) is 9.43. The summed E-state index contributed by atoms with van der Waals surface area (Å²) < 4.78 is 5.88. The maximum Gasteiger partial charge on any atom is 0.253 e. The standard InChI is InChI=1S/C21H22N2O2S/c1-12-13-4-2-5-15(12)17(10-13)22-20(24)16-6-3-7-18-19(16)23-21(25-18)14-8-9-26-11-14/h3,6-9,11-13,15,17H,2,4-5,10H2,1H3,(H,22,24). The second kappa shape index (κ2) is 6.23. The van der Waals surface area contributed by atoms with Gasteiger partial charge in [0.1, 0.15) is 5.52 Å². The van der Waals surface area contributed by atoms with Gasteiger partial charge in [0.25, 0.3) is 5.91 Å². The van der Waals surface area contributed by atoms with Gasteiger partial charge in [0.2, 0.25) is 5.89 Å². The minimum Gasteiger partial charge on any atom is -0.436 e. The number of rotatable bonds is 3. The number of para-hydroxylation sites is 1. The largest absolute Gasteiger partial charge is 0.436 e.